The molecule has 7 rings (SSSR count). The fraction of sp³-hybridized carbons (Fsp3) is 0.606. The first-order chi connectivity index (χ1) is 22.4. The maximum absolute atomic E-state index is 14.4. The monoisotopic (exact) mass is 749 g/mol. The first-order valence-electron chi connectivity index (χ1n) is 16.4. The van der Waals surface area contributed by atoms with Crippen LogP contribution in [0.5, 0.6) is 0 Å². The molecule has 3 fully saturated rings. The van der Waals surface area contributed by atoms with Gasteiger partial charge < -0.3 is 20.3 Å². The van der Waals surface area contributed by atoms with Gasteiger partial charge in [-0.05, 0) is 77.3 Å². The van der Waals surface area contributed by atoms with Gasteiger partial charge in [0.05, 0.1) is 16.8 Å². The van der Waals surface area contributed by atoms with Crippen molar-refractivity contribution in [2.45, 2.75) is 83.1 Å². The van der Waals surface area contributed by atoms with E-state index in [1.165, 1.54) is 15.8 Å². The molecule has 1 aliphatic carbocycles. The summed E-state index contributed by atoms with van der Waals surface area (Å²) in [6.07, 6.45) is 5.20. The van der Waals surface area contributed by atoms with Gasteiger partial charge in [0.1, 0.15) is 12.1 Å². The van der Waals surface area contributed by atoms with E-state index in [0.717, 1.165) is 34.1 Å². The lowest BCUT2D eigenvalue weighted by atomic mass is 9.79. The van der Waals surface area contributed by atoms with Crippen LogP contribution in [0.1, 0.15) is 58.1 Å². The minimum Gasteiger partial charge on any atom is -0.349 e. The molecule has 6 atom stereocenters. The Labute approximate surface area is 288 Å². The van der Waals surface area contributed by atoms with E-state index < -0.39 is 51.6 Å². The normalized spacial score (nSPS) is 31.4. The summed E-state index contributed by atoms with van der Waals surface area (Å²) in [5.74, 6) is -4.01. The van der Waals surface area contributed by atoms with Gasteiger partial charge in [-0.3, -0.25) is 33.5 Å². The Kier molecular flexibility index (Phi) is 8.90. The molecule has 4 N–H and O–H groups in total. The molecule has 13 nitrogen and oxygen atoms in total. The molecule has 5 aliphatic rings. The molecule has 2 aromatic rings. The van der Waals surface area contributed by atoms with Crippen molar-refractivity contribution < 1.29 is 37.2 Å². The molecule has 3 unspecified atom stereocenters. The second kappa shape index (κ2) is 12.2. The van der Waals surface area contributed by atoms with Crippen molar-refractivity contribution in [3.8, 4) is 0 Å². The highest BCUT2D eigenvalue weighted by atomic mass is 79.9. The van der Waals surface area contributed by atoms with Crippen molar-refractivity contribution in [3.63, 3.8) is 0 Å². The summed E-state index contributed by atoms with van der Waals surface area (Å²) in [5.41, 5.74) is 2.68. The van der Waals surface area contributed by atoms with E-state index in [1.54, 1.807) is 18.7 Å². The smallest absolute Gasteiger partial charge is 0.281 e. The Bertz CT molecular complexity index is 1800. The zero-order valence-electron chi connectivity index (χ0n) is 28.0. The van der Waals surface area contributed by atoms with Crippen LogP contribution in [-0.2, 0) is 35.7 Å². The highest BCUT2D eigenvalue weighted by Gasteiger charge is 2.72. The first-order valence-corrected chi connectivity index (χ1v) is 19.0. The summed E-state index contributed by atoms with van der Waals surface area (Å²) in [6, 6.07) is 4.76. The number of carbonyl (C=O) groups excluding carboxylic acids is 3. The number of nitrogens with one attached hydrogen (secondary N) is 2. The first kappa shape index (κ1) is 35.0. The molecule has 0 radical (unpaired) electrons. The van der Waals surface area contributed by atoms with E-state index >= 15 is 0 Å². The topological polar surface area (TPSA) is 173 Å². The van der Waals surface area contributed by atoms with Crippen molar-refractivity contribution in [2.75, 3.05) is 26.4 Å². The number of aromatic amines is 1. The lowest BCUT2D eigenvalue weighted by molar-refractivity contribution is -0.322. The van der Waals surface area contributed by atoms with E-state index in [4.69, 9.17) is 9.29 Å². The lowest BCUT2D eigenvalue weighted by Crippen LogP contribution is -2.71. The van der Waals surface area contributed by atoms with E-state index in [-0.39, 0.29) is 23.8 Å². The summed E-state index contributed by atoms with van der Waals surface area (Å²) in [7, 11) is -1.64. The van der Waals surface area contributed by atoms with Crippen molar-refractivity contribution >= 4 is 60.2 Å². The van der Waals surface area contributed by atoms with Crippen LogP contribution < -0.4 is 5.32 Å². The van der Waals surface area contributed by atoms with Crippen LogP contribution in [0.15, 0.2) is 28.9 Å². The van der Waals surface area contributed by atoms with Crippen molar-refractivity contribution in [1.82, 2.24) is 25.0 Å². The van der Waals surface area contributed by atoms with Gasteiger partial charge in [-0.1, -0.05) is 45.9 Å². The summed E-state index contributed by atoms with van der Waals surface area (Å²) in [6.45, 7) is 8.57. The molecular formula is C33H44BrN5O8S. The Hall–Kier alpha value is -2.82. The highest BCUT2D eigenvalue weighted by Crippen LogP contribution is 2.49. The predicted octanol–water partition coefficient (Wildman–Crippen LogP) is 2.70. The standard InChI is InChI=1S/C32H40BrN5O5.CH4O3S/c1-16(2)12-24-29(40)37-11-7-10-25(37)32(42)38(24)30(41)31(43-32,17(3)4)35-28(39)18-13-20-19-8-6-9-22-26(19)21(27(33)34-22)14-23(20)36(5)15-18;1-5(2,3)4/h6,8-9,13,16-18,23-25,34,42H,7,10-12,14-15H2,1-5H3,(H,35,39);1H3,(H,2,3,4)/t18?,23-,24?,25+,31-,32?;/m1./s1. The number of piperazine rings is 1. The molecule has 1 aromatic heterocycles. The highest BCUT2D eigenvalue weighted by molar-refractivity contribution is 9.10. The third kappa shape index (κ3) is 5.69. The predicted molar refractivity (Wildman–Crippen MR) is 182 cm³/mol. The molecule has 3 saturated heterocycles. The van der Waals surface area contributed by atoms with Gasteiger partial charge in [-0.25, -0.2) is 0 Å². The van der Waals surface area contributed by atoms with Crippen molar-refractivity contribution in [2.24, 2.45) is 17.8 Å². The Morgan fingerprint density at radius 3 is 2.56 bits per heavy atom. The molecule has 1 aromatic carbocycles. The quantitative estimate of drug-likeness (QED) is 0.336. The number of ether oxygens (including phenoxy) is 1. The number of hydrogen-bond donors (Lipinski definition) is 4. The largest absolute Gasteiger partial charge is 0.349 e. The number of halogens is 1. The zero-order chi connectivity index (χ0) is 35.1. The molecule has 262 valence electrons. The molecule has 4 aliphatic heterocycles. The van der Waals surface area contributed by atoms with Crippen LogP contribution in [0.4, 0.5) is 0 Å². The number of amides is 3. The second-order valence-corrected chi connectivity index (χ2v) is 16.7. The van der Waals surface area contributed by atoms with Crippen LogP contribution >= 0.6 is 15.9 Å². The van der Waals surface area contributed by atoms with Crippen LogP contribution in [0.2, 0.25) is 0 Å². The molecule has 5 heterocycles. The number of hydrogen-bond acceptors (Lipinski definition) is 8. The summed E-state index contributed by atoms with van der Waals surface area (Å²) in [5, 5.41) is 16.3. The van der Waals surface area contributed by atoms with E-state index in [9.17, 15) is 27.9 Å². The zero-order valence-corrected chi connectivity index (χ0v) is 30.4. The van der Waals surface area contributed by atoms with Gasteiger partial charge in [-0.2, -0.15) is 8.42 Å². The number of likely N-dealkylation sites (N-methyl/N-ethyl adjacent to an activating group) is 1. The fourth-order valence-electron chi connectivity index (χ4n) is 8.15. The maximum atomic E-state index is 14.4. The Balaban J connectivity index is 0.000000749. The average molecular weight is 751 g/mol. The van der Waals surface area contributed by atoms with Crippen molar-refractivity contribution in [1.29, 1.82) is 0 Å². The minimum absolute atomic E-state index is 0.104. The van der Waals surface area contributed by atoms with E-state index in [1.807, 2.05) is 33.0 Å². The van der Waals surface area contributed by atoms with E-state index in [2.05, 4.69) is 43.3 Å². The van der Waals surface area contributed by atoms with Gasteiger partial charge in [0.2, 0.25) is 17.5 Å². The van der Waals surface area contributed by atoms with Crippen LogP contribution in [-0.4, -0.2) is 112 Å². The van der Waals surface area contributed by atoms with Gasteiger partial charge in [0.25, 0.3) is 21.9 Å². The number of rotatable bonds is 5. The molecule has 15 heteroatoms. The van der Waals surface area contributed by atoms with E-state index in [0.29, 0.717) is 32.2 Å². The average Bonchev–Trinajstić information content (AvgIpc) is 3.66. The summed E-state index contributed by atoms with van der Waals surface area (Å²) in [4.78, 5) is 50.8. The maximum Gasteiger partial charge on any atom is 0.281 e. The number of benzene rings is 1. The summed E-state index contributed by atoms with van der Waals surface area (Å²) < 4.78 is 33.3. The minimum atomic E-state index is -3.67. The van der Waals surface area contributed by atoms with Gasteiger partial charge in [0, 0.05) is 36.0 Å². The molecular weight excluding hydrogens is 706 g/mol. The molecule has 0 spiro atoms. The Morgan fingerprint density at radius 1 is 1.23 bits per heavy atom. The molecule has 3 amide bonds. The number of H-pyrrole nitrogens is 1. The van der Waals surface area contributed by atoms with Crippen molar-refractivity contribution in [3.05, 3.63) is 40.0 Å². The summed E-state index contributed by atoms with van der Waals surface area (Å²) >= 11 is 3.70. The fourth-order valence-corrected chi connectivity index (χ4v) is 8.72. The molecule has 0 bridgehead atoms. The number of aromatic nitrogens is 1. The molecule has 0 saturated carbocycles. The van der Waals surface area contributed by atoms with Gasteiger partial charge in [-0.15, -0.1) is 0 Å². The number of nitrogens with zero attached hydrogens (tertiary/aromatic N) is 3. The molecule has 48 heavy (non-hydrogen) atoms. The van der Waals surface area contributed by atoms with Gasteiger partial charge >= 0.3 is 0 Å². The number of aliphatic hydroxyl groups is 1. The van der Waals surface area contributed by atoms with Crippen LogP contribution in [0.25, 0.3) is 16.5 Å². The Morgan fingerprint density at radius 2 is 1.92 bits per heavy atom. The number of carbonyl (C=O) groups is 3. The van der Waals surface area contributed by atoms with Crippen LogP contribution in [0.3, 0.4) is 0 Å². The van der Waals surface area contributed by atoms with Gasteiger partial charge in [0.15, 0.2) is 0 Å². The third-order valence-electron chi connectivity index (χ3n) is 10.3. The lowest BCUT2D eigenvalue weighted by Gasteiger charge is -2.49. The van der Waals surface area contributed by atoms with Crippen LogP contribution in [0, 0.1) is 17.8 Å². The number of fused-ring (bicyclic) bond motifs is 5. The second-order valence-electron chi connectivity index (χ2n) is 14.4. The third-order valence-corrected chi connectivity index (χ3v) is 10.9. The SMILES string of the molecule is CC(C)CC1C(=O)N2CCC[C@H]2C2(O)O[C@](NC(=O)C3C=C4c5cccc6[nH]c(Br)c(c56)C[C@H]4N(C)C3)(C(C)C)C(=O)N12.CS(=O)(=O)O.